The molecule has 0 spiro atoms. The van der Waals surface area contributed by atoms with Gasteiger partial charge in [-0.2, -0.15) is 0 Å². The van der Waals surface area contributed by atoms with Gasteiger partial charge in [-0.15, -0.1) is 10.2 Å². The Balaban J connectivity index is 2.20. The molecule has 0 saturated heterocycles. The number of carbonyl (C=O) groups excluding carboxylic acids is 1. The molecule has 0 atom stereocenters. The minimum Gasteiger partial charge on any atom is -0.396 e. The maximum Gasteiger partial charge on any atom is 0.220 e. The largest absolute Gasteiger partial charge is 0.396 e. The van der Waals surface area contributed by atoms with Crippen molar-refractivity contribution in [2.45, 2.75) is 25.8 Å². The van der Waals surface area contributed by atoms with E-state index in [-0.39, 0.29) is 12.5 Å². The summed E-state index contributed by atoms with van der Waals surface area (Å²) in [6, 6.07) is 0. The Bertz CT molecular complexity index is 311. The highest BCUT2D eigenvalue weighted by Gasteiger charge is 2.03. The van der Waals surface area contributed by atoms with Crippen LogP contribution in [0.2, 0.25) is 0 Å². The fourth-order valence-electron chi connectivity index (χ4n) is 1.13. The number of hydrogen-bond acceptors (Lipinski definition) is 4. The summed E-state index contributed by atoms with van der Waals surface area (Å²) in [5, 5.41) is 18.8. The van der Waals surface area contributed by atoms with E-state index in [4.69, 9.17) is 5.11 Å². The zero-order valence-corrected chi connectivity index (χ0v) is 8.81. The van der Waals surface area contributed by atoms with Crippen molar-refractivity contribution in [2.75, 3.05) is 6.61 Å². The Labute approximate surface area is 88.3 Å². The standard InChI is InChI=1S/C9H16N4O2/c1-13-7-11-12-8(13)6-10-9(15)4-2-3-5-14/h7,14H,2-6H2,1H3,(H,10,15). The van der Waals surface area contributed by atoms with Gasteiger partial charge in [0.05, 0.1) is 6.54 Å². The number of aliphatic hydroxyl groups excluding tert-OH is 1. The van der Waals surface area contributed by atoms with Crippen molar-refractivity contribution in [3.8, 4) is 0 Å². The molecule has 0 unspecified atom stereocenters. The van der Waals surface area contributed by atoms with Gasteiger partial charge >= 0.3 is 0 Å². The third-order valence-corrected chi connectivity index (χ3v) is 2.06. The van der Waals surface area contributed by atoms with Crippen LogP contribution < -0.4 is 5.32 Å². The quantitative estimate of drug-likeness (QED) is 0.628. The van der Waals surface area contributed by atoms with E-state index in [2.05, 4.69) is 15.5 Å². The molecule has 1 aromatic heterocycles. The van der Waals surface area contributed by atoms with Crippen LogP contribution in [0, 0.1) is 0 Å². The number of rotatable bonds is 6. The van der Waals surface area contributed by atoms with E-state index in [1.165, 1.54) is 0 Å². The van der Waals surface area contributed by atoms with E-state index in [1.807, 2.05) is 7.05 Å². The summed E-state index contributed by atoms with van der Waals surface area (Å²) in [6.07, 6.45) is 3.41. The first-order chi connectivity index (χ1) is 7.24. The number of aryl methyl sites for hydroxylation is 1. The summed E-state index contributed by atoms with van der Waals surface area (Å²) in [7, 11) is 1.83. The number of aromatic nitrogens is 3. The molecule has 2 N–H and O–H groups in total. The summed E-state index contributed by atoms with van der Waals surface area (Å²) in [5.74, 6) is 0.706. The summed E-state index contributed by atoms with van der Waals surface area (Å²) in [6.45, 7) is 0.533. The minimum atomic E-state index is -0.0218. The molecule has 0 aliphatic carbocycles. The van der Waals surface area contributed by atoms with Crippen molar-refractivity contribution in [1.82, 2.24) is 20.1 Å². The summed E-state index contributed by atoms with van der Waals surface area (Å²) < 4.78 is 1.76. The molecule has 1 aromatic rings. The number of unbranched alkanes of at least 4 members (excludes halogenated alkanes) is 1. The van der Waals surface area contributed by atoms with Crippen LogP contribution in [0.3, 0.4) is 0 Å². The topological polar surface area (TPSA) is 80.0 Å². The normalized spacial score (nSPS) is 10.3. The molecule has 0 radical (unpaired) electrons. The molecule has 1 amide bonds. The highest BCUT2D eigenvalue weighted by molar-refractivity contribution is 5.75. The van der Waals surface area contributed by atoms with Crippen molar-refractivity contribution >= 4 is 5.91 Å². The van der Waals surface area contributed by atoms with Gasteiger partial charge in [0.15, 0.2) is 5.82 Å². The lowest BCUT2D eigenvalue weighted by Gasteiger charge is -2.03. The maximum atomic E-state index is 11.3. The molecule has 6 nitrogen and oxygen atoms in total. The van der Waals surface area contributed by atoms with Gasteiger partial charge in [-0.1, -0.05) is 0 Å². The average Bonchev–Trinajstić information content (AvgIpc) is 2.61. The maximum absolute atomic E-state index is 11.3. The monoisotopic (exact) mass is 212 g/mol. The van der Waals surface area contributed by atoms with Gasteiger partial charge in [0.25, 0.3) is 0 Å². The van der Waals surface area contributed by atoms with E-state index in [0.29, 0.717) is 25.8 Å². The number of nitrogens with zero attached hydrogens (tertiary/aromatic N) is 3. The second-order valence-corrected chi connectivity index (χ2v) is 3.32. The van der Waals surface area contributed by atoms with Crippen molar-refractivity contribution in [1.29, 1.82) is 0 Å². The molecule has 6 heteroatoms. The number of aliphatic hydroxyl groups is 1. The third kappa shape index (κ3) is 4.07. The van der Waals surface area contributed by atoms with E-state index >= 15 is 0 Å². The highest BCUT2D eigenvalue weighted by Crippen LogP contribution is 1.95. The predicted octanol–water partition coefficient (Wildman–Crippen LogP) is -0.406. The summed E-state index contributed by atoms with van der Waals surface area (Å²) >= 11 is 0. The van der Waals surface area contributed by atoms with Crippen LogP contribution >= 0.6 is 0 Å². The lowest BCUT2D eigenvalue weighted by molar-refractivity contribution is -0.121. The zero-order valence-electron chi connectivity index (χ0n) is 8.81. The molecular weight excluding hydrogens is 196 g/mol. The minimum absolute atomic E-state index is 0.0218. The van der Waals surface area contributed by atoms with E-state index in [1.54, 1.807) is 10.9 Å². The van der Waals surface area contributed by atoms with Gasteiger partial charge < -0.3 is 15.0 Å². The molecular formula is C9H16N4O2. The van der Waals surface area contributed by atoms with E-state index in [9.17, 15) is 4.79 Å². The van der Waals surface area contributed by atoms with Crippen LogP contribution in [0.5, 0.6) is 0 Å². The van der Waals surface area contributed by atoms with Gasteiger partial charge in [-0.3, -0.25) is 4.79 Å². The van der Waals surface area contributed by atoms with Crippen molar-refractivity contribution < 1.29 is 9.90 Å². The van der Waals surface area contributed by atoms with Crippen LogP contribution in [-0.4, -0.2) is 32.4 Å². The van der Waals surface area contributed by atoms with E-state index < -0.39 is 0 Å². The highest BCUT2D eigenvalue weighted by atomic mass is 16.2. The Morgan fingerprint density at radius 2 is 2.40 bits per heavy atom. The smallest absolute Gasteiger partial charge is 0.220 e. The Morgan fingerprint density at radius 3 is 3.00 bits per heavy atom. The van der Waals surface area contributed by atoms with Crippen LogP contribution in [-0.2, 0) is 18.4 Å². The molecule has 0 saturated carbocycles. The first-order valence-electron chi connectivity index (χ1n) is 4.94. The van der Waals surface area contributed by atoms with Crippen molar-refractivity contribution in [2.24, 2.45) is 7.05 Å². The predicted molar refractivity (Wildman–Crippen MR) is 53.8 cm³/mol. The second kappa shape index (κ2) is 6.13. The summed E-state index contributed by atoms with van der Waals surface area (Å²) in [5.41, 5.74) is 0. The number of nitrogens with one attached hydrogen (secondary N) is 1. The van der Waals surface area contributed by atoms with Crippen LogP contribution in [0.15, 0.2) is 6.33 Å². The molecule has 0 bridgehead atoms. The van der Waals surface area contributed by atoms with Gasteiger partial charge in [0.2, 0.25) is 5.91 Å². The number of hydrogen-bond donors (Lipinski definition) is 2. The SMILES string of the molecule is Cn1cnnc1CNC(=O)CCCCO. The first kappa shape index (κ1) is 11.6. The fraction of sp³-hybridized carbons (Fsp3) is 0.667. The van der Waals surface area contributed by atoms with Gasteiger partial charge in [-0.25, -0.2) is 0 Å². The molecule has 15 heavy (non-hydrogen) atoms. The Morgan fingerprint density at radius 1 is 1.60 bits per heavy atom. The Hall–Kier alpha value is -1.43. The van der Waals surface area contributed by atoms with Gasteiger partial charge in [0.1, 0.15) is 6.33 Å². The van der Waals surface area contributed by atoms with Crippen molar-refractivity contribution in [3.05, 3.63) is 12.2 Å². The fourth-order valence-corrected chi connectivity index (χ4v) is 1.13. The van der Waals surface area contributed by atoms with Crippen LogP contribution in [0.1, 0.15) is 25.1 Å². The van der Waals surface area contributed by atoms with Gasteiger partial charge in [0, 0.05) is 20.1 Å². The van der Waals surface area contributed by atoms with E-state index in [0.717, 1.165) is 5.82 Å². The molecule has 84 valence electrons. The lowest BCUT2D eigenvalue weighted by atomic mass is 10.2. The van der Waals surface area contributed by atoms with Crippen molar-refractivity contribution in [3.63, 3.8) is 0 Å². The first-order valence-corrected chi connectivity index (χ1v) is 4.94. The number of amides is 1. The third-order valence-electron chi connectivity index (χ3n) is 2.06. The molecule has 1 rings (SSSR count). The molecule has 0 aliphatic heterocycles. The molecule has 1 heterocycles. The van der Waals surface area contributed by atoms with Crippen LogP contribution in [0.4, 0.5) is 0 Å². The van der Waals surface area contributed by atoms with Crippen LogP contribution in [0.25, 0.3) is 0 Å². The van der Waals surface area contributed by atoms with Gasteiger partial charge in [-0.05, 0) is 12.8 Å². The Kier molecular flexibility index (Phi) is 4.76. The molecule has 0 aromatic carbocycles. The second-order valence-electron chi connectivity index (χ2n) is 3.32. The molecule has 0 aliphatic rings. The zero-order chi connectivity index (χ0) is 11.1. The lowest BCUT2D eigenvalue weighted by Crippen LogP contribution is -2.24. The number of carbonyl (C=O) groups is 1. The molecule has 0 fully saturated rings. The summed E-state index contributed by atoms with van der Waals surface area (Å²) in [4.78, 5) is 11.3. The average molecular weight is 212 g/mol.